The molecule has 1 N–H and O–H groups in total. The summed E-state index contributed by atoms with van der Waals surface area (Å²) in [5, 5.41) is 4.17. The van der Waals surface area contributed by atoms with Gasteiger partial charge >= 0.3 is 0 Å². The molecule has 3 aromatic rings. The Labute approximate surface area is 140 Å². The van der Waals surface area contributed by atoms with Crippen molar-refractivity contribution in [3.05, 3.63) is 65.8 Å². The van der Waals surface area contributed by atoms with E-state index in [9.17, 15) is 0 Å². The van der Waals surface area contributed by atoms with Crippen LogP contribution in [-0.4, -0.2) is 27.2 Å². The van der Waals surface area contributed by atoms with Gasteiger partial charge in [-0.1, -0.05) is 35.5 Å². The molecular formula is C18H20N4O2. The Morgan fingerprint density at radius 2 is 2.12 bits per heavy atom. The molecule has 0 amide bonds. The predicted octanol–water partition coefficient (Wildman–Crippen LogP) is 3.19. The van der Waals surface area contributed by atoms with Gasteiger partial charge < -0.3 is 14.2 Å². The van der Waals surface area contributed by atoms with E-state index in [0.29, 0.717) is 18.1 Å². The molecule has 2 aromatic heterocycles. The van der Waals surface area contributed by atoms with Crippen molar-refractivity contribution in [3.63, 3.8) is 0 Å². The van der Waals surface area contributed by atoms with Crippen LogP contribution in [-0.2, 0) is 16.8 Å². The molecule has 1 aromatic carbocycles. The zero-order valence-corrected chi connectivity index (χ0v) is 13.6. The Morgan fingerprint density at radius 3 is 2.75 bits per heavy atom. The lowest BCUT2D eigenvalue weighted by Gasteiger charge is -2.37. The lowest BCUT2D eigenvalue weighted by molar-refractivity contribution is -0.0858. The van der Waals surface area contributed by atoms with E-state index in [-0.39, 0.29) is 11.5 Å². The third kappa shape index (κ3) is 2.63. The van der Waals surface area contributed by atoms with Crippen molar-refractivity contribution in [2.75, 3.05) is 7.11 Å². The smallest absolute Gasteiger partial charge is 0.227 e. The lowest BCUT2D eigenvalue weighted by Crippen LogP contribution is -2.37. The maximum absolute atomic E-state index is 5.63. The molecule has 0 spiro atoms. The monoisotopic (exact) mass is 324 g/mol. The third-order valence-electron chi connectivity index (χ3n) is 4.86. The third-order valence-corrected chi connectivity index (χ3v) is 4.86. The molecule has 0 bridgehead atoms. The molecule has 0 aliphatic heterocycles. The van der Waals surface area contributed by atoms with E-state index in [2.05, 4.69) is 32.2 Å². The van der Waals surface area contributed by atoms with Crippen molar-refractivity contribution in [1.29, 1.82) is 0 Å². The molecule has 124 valence electrons. The summed E-state index contributed by atoms with van der Waals surface area (Å²) in [5.74, 6) is 2.22. The summed E-state index contributed by atoms with van der Waals surface area (Å²) in [6, 6.07) is 10.2. The van der Waals surface area contributed by atoms with Gasteiger partial charge in [-0.05, 0) is 24.8 Å². The van der Waals surface area contributed by atoms with Crippen LogP contribution in [0.25, 0.3) is 0 Å². The van der Waals surface area contributed by atoms with Crippen molar-refractivity contribution >= 4 is 0 Å². The Morgan fingerprint density at radius 1 is 1.29 bits per heavy atom. The van der Waals surface area contributed by atoms with Gasteiger partial charge in [0.05, 0.1) is 5.92 Å². The number of methoxy groups -OCH3 is 1. The summed E-state index contributed by atoms with van der Waals surface area (Å²) in [7, 11) is 1.71. The van der Waals surface area contributed by atoms with Gasteiger partial charge in [-0.15, -0.1) is 0 Å². The average Bonchev–Trinajstić information content (AvgIpc) is 3.25. The van der Waals surface area contributed by atoms with E-state index in [1.165, 1.54) is 0 Å². The number of hydrogen-bond acceptors (Lipinski definition) is 5. The number of H-pyrrole nitrogens is 1. The maximum atomic E-state index is 5.63. The highest BCUT2D eigenvalue weighted by atomic mass is 16.5. The maximum Gasteiger partial charge on any atom is 0.227 e. The molecule has 1 atom stereocenters. The first kappa shape index (κ1) is 15.1. The summed E-state index contributed by atoms with van der Waals surface area (Å²) in [6.07, 6.45) is 7.23. The van der Waals surface area contributed by atoms with Crippen LogP contribution in [0.1, 0.15) is 48.3 Å². The Hall–Kier alpha value is -2.47. The van der Waals surface area contributed by atoms with E-state index in [1.807, 2.05) is 24.4 Å². The van der Waals surface area contributed by atoms with Crippen LogP contribution < -0.4 is 0 Å². The Kier molecular flexibility index (Phi) is 3.90. The molecule has 1 fully saturated rings. The van der Waals surface area contributed by atoms with E-state index in [1.54, 1.807) is 13.3 Å². The quantitative estimate of drug-likeness (QED) is 0.753. The minimum absolute atomic E-state index is 0.0504. The largest absolute Gasteiger partial charge is 0.370 e. The second-order valence-electron chi connectivity index (χ2n) is 6.21. The van der Waals surface area contributed by atoms with Gasteiger partial charge in [0, 0.05) is 25.9 Å². The molecule has 1 aliphatic carbocycles. The normalized spacial score (nSPS) is 17.4. The van der Waals surface area contributed by atoms with E-state index in [4.69, 9.17) is 9.26 Å². The van der Waals surface area contributed by atoms with Gasteiger partial charge in [0.2, 0.25) is 11.7 Å². The van der Waals surface area contributed by atoms with Gasteiger partial charge in [-0.3, -0.25) is 0 Å². The first-order chi connectivity index (χ1) is 11.8. The number of aromatic nitrogens is 4. The standard InChI is InChI=1S/C18H20N4O2/c1-23-18(8-5-9-18)17-21-15(24-22-17)12-14(16-19-10-11-20-16)13-6-3-2-4-7-13/h2-4,6-7,10-11,14H,5,8-9,12H2,1H3,(H,19,20). The molecule has 1 saturated carbocycles. The lowest BCUT2D eigenvalue weighted by atomic mass is 9.79. The van der Waals surface area contributed by atoms with E-state index >= 15 is 0 Å². The zero-order chi connectivity index (χ0) is 16.4. The first-order valence-corrected chi connectivity index (χ1v) is 8.23. The molecule has 6 heteroatoms. The van der Waals surface area contributed by atoms with Crippen molar-refractivity contribution in [3.8, 4) is 0 Å². The molecule has 0 saturated heterocycles. The number of nitrogens with one attached hydrogen (secondary N) is 1. The number of nitrogens with zero attached hydrogens (tertiary/aromatic N) is 3. The zero-order valence-electron chi connectivity index (χ0n) is 13.6. The molecule has 24 heavy (non-hydrogen) atoms. The van der Waals surface area contributed by atoms with Crippen molar-refractivity contribution in [2.24, 2.45) is 0 Å². The molecule has 2 heterocycles. The summed E-state index contributed by atoms with van der Waals surface area (Å²) >= 11 is 0. The van der Waals surface area contributed by atoms with Gasteiger partial charge in [-0.25, -0.2) is 4.98 Å². The van der Waals surface area contributed by atoms with Gasteiger partial charge in [0.1, 0.15) is 11.4 Å². The number of ether oxygens (including phenoxy) is 1. The Balaban J connectivity index is 1.61. The molecule has 6 nitrogen and oxygen atoms in total. The first-order valence-electron chi connectivity index (χ1n) is 8.23. The van der Waals surface area contributed by atoms with Crippen LogP contribution in [0.5, 0.6) is 0 Å². The molecule has 1 unspecified atom stereocenters. The second-order valence-corrected chi connectivity index (χ2v) is 6.21. The van der Waals surface area contributed by atoms with Crippen molar-refractivity contribution < 1.29 is 9.26 Å². The minimum atomic E-state index is -0.353. The molecular weight excluding hydrogens is 304 g/mol. The van der Waals surface area contributed by atoms with Crippen LogP contribution in [0.15, 0.2) is 47.2 Å². The van der Waals surface area contributed by atoms with Crippen LogP contribution >= 0.6 is 0 Å². The van der Waals surface area contributed by atoms with Crippen molar-refractivity contribution in [2.45, 2.75) is 37.2 Å². The van der Waals surface area contributed by atoms with Crippen molar-refractivity contribution in [1.82, 2.24) is 20.1 Å². The van der Waals surface area contributed by atoms with Gasteiger partial charge in [-0.2, -0.15) is 4.98 Å². The minimum Gasteiger partial charge on any atom is -0.370 e. The van der Waals surface area contributed by atoms with Crippen LogP contribution in [0.4, 0.5) is 0 Å². The van der Waals surface area contributed by atoms with Gasteiger partial charge in [0.15, 0.2) is 0 Å². The predicted molar refractivity (Wildman–Crippen MR) is 87.4 cm³/mol. The van der Waals surface area contributed by atoms with Crippen LogP contribution in [0.2, 0.25) is 0 Å². The fourth-order valence-electron chi connectivity index (χ4n) is 3.24. The van der Waals surface area contributed by atoms with E-state index in [0.717, 1.165) is 30.7 Å². The summed E-state index contributed by atoms with van der Waals surface area (Å²) < 4.78 is 11.1. The SMILES string of the molecule is COC1(c2noc(CC(c3ccccc3)c3ncc[nH]3)n2)CCC1. The summed E-state index contributed by atoms with van der Waals surface area (Å²) in [4.78, 5) is 12.2. The second kappa shape index (κ2) is 6.20. The number of benzene rings is 1. The number of imidazole rings is 1. The highest BCUT2D eigenvalue weighted by molar-refractivity contribution is 5.26. The highest BCUT2D eigenvalue weighted by Crippen LogP contribution is 2.42. The molecule has 1 aliphatic rings. The average molecular weight is 324 g/mol. The Bertz CT molecular complexity index is 773. The molecule has 4 rings (SSSR count). The number of rotatable bonds is 6. The van der Waals surface area contributed by atoms with Crippen LogP contribution in [0.3, 0.4) is 0 Å². The summed E-state index contributed by atoms with van der Waals surface area (Å²) in [6.45, 7) is 0. The molecule has 0 radical (unpaired) electrons. The fourth-order valence-corrected chi connectivity index (χ4v) is 3.24. The number of aromatic amines is 1. The summed E-state index contributed by atoms with van der Waals surface area (Å²) in [5.41, 5.74) is 0.812. The number of hydrogen-bond donors (Lipinski definition) is 1. The topological polar surface area (TPSA) is 76.8 Å². The van der Waals surface area contributed by atoms with Crippen LogP contribution in [0, 0.1) is 0 Å². The van der Waals surface area contributed by atoms with E-state index < -0.39 is 0 Å². The van der Waals surface area contributed by atoms with Gasteiger partial charge in [0.25, 0.3) is 0 Å². The highest BCUT2D eigenvalue weighted by Gasteiger charge is 2.43. The fraction of sp³-hybridized carbons (Fsp3) is 0.389.